The van der Waals surface area contributed by atoms with E-state index in [9.17, 15) is 9.18 Å². The summed E-state index contributed by atoms with van der Waals surface area (Å²) in [5.41, 5.74) is 9.54. The molecular weight excluding hydrogens is 381 g/mol. The van der Waals surface area contributed by atoms with Crippen LogP contribution in [0.15, 0.2) is 54.7 Å². The molecule has 2 aromatic carbocycles. The number of piperidine rings is 1. The number of hydrazine groups is 1. The summed E-state index contributed by atoms with van der Waals surface area (Å²) in [5, 5.41) is 4.24. The van der Waals surface area contributed by atoms with E-state index in [-0.39, 0.29) is 30.0 Å². The van der Waals surface area contributed by atoms with Crippen molar-refractivity contribution in [1.29, 1.82) is 0 Å². The molecule has 0 saturated carbocycles. The second-order valence-electron chi connectivity index (χ2n) is 8.21. The second-order valence-corrected chi connectivity index (χ2v) is 8.21. The van der Waals surface area contributed by atoms with Gasteiger partial charge in [0.15, 0.2) is 0 Å². The lowest BCUT2D eigenvalue weighted by Gasteiger charge is -2.35. The number of benzene rings is 2. The molecule has 2 unspecified atom stereocenters. The first-order chi connectivity index (χ1) is 14.7. The number of nitrogens with one attached hydrogen (secondary N) is 4. The highest BCUT2D eigenvalue weighted by atomic mass is 19.1. The molecule has 2 aliphatic heterocycles. The molecule has 3 aromatic rings. The smallest absolute Gasteiger partial charge is 0.251 e. The maximum absolute atomic E-state index is 13.2. The minimum absolute atomic E-state index is 0.00594. The number of aromatic nitrogens is 1. The van der Waals surface area contributed by atoms with Gasteiger partial charge in [-0.2, -0.15) is 0 Å². The Bertz CT molecular complexity index is 1030. The zero-order valence-electron chi connectivity index (χ0n) is 16.7. The van der Waals surface area contributed by atoms with Crippen molar-refractivity contribution < 1.29 is 9.18 Å². The number of fused-ring (bicyclic) bond motifs is 1. The lowest BCUT2D eigenvalue weighted by Crippen LogP contribution is -2.51. The third-order valence-electron chi connectivity index (χ3n) is 6.28. The minimum Gasteiger partial charge on any atom is -0.361 e. The highest BCUT2D eigenvalue weighted by Gasteiger charge is 2.32. The number of rotatable bonds is 4. The Morgan fingerprint density at radius 2 is 1.83 bits per heavy atom. The van der Waals surface area contributed by atoms with Gasteiger partial charge >= 0.3 is 0 Å². The lowest BCUT2D eigenvalue weighted by molar-refractivity contribution is 0.0880. The number of likely N-dealkylation sites (tertiary alicyclic amines) is 1. The van der Waals surface area contributed by atoms with Crippen LogP contribution in [-0.2, 0) is 0 Å². The van der Waals surface area contributed by atoms with E-state index in [2.05, 4.69) is 26.1 Å². The van der Waals surface area contributed by atoms with Gasteiger partial charge in [0.1, 0.15) is 5.82 Å². The van der Waals surface area contributed by atoms with Crippen LogP contribution in [0.2, 0.25) is 0 Å². The average molecular weight is 407 g/mol. The minimum atomic E-state index is -0.210. The summed E-state index contributed by atoms with van der Waals surface area (Å²) < 4.78 is 13.2. The van der Waals surface area contributed by atoms with Gasteiger partial charge in [-0.05, 0) is 61.2 Å². The Hall–Kier alpha value is -2.74. The quantitative estimate of drug-likeness (QED) is 0.537. The fourth-order valence-electron chi connectivity index (χ4n) is 4.51. The molecular formula is C23H26FN5O. The van der Waals surface area contributed by atoms with Crippen molar-refractivity contribution in [3.63, 3.8) is 0 Å². The van der Waals surface area contributed by atoms with Crippen molar-refractivity contribution in [3.8, 4) is 0 Å². The molecule has 2 fully saturated rings. The van der Waals surface area contributed by atoms with E-state index in [1.165, 1.54) is 12.1 Å². The topological polar surface area (TPSA) is 72.2 Å². The first kappa shape index (κ1) is 19.2. The van der Waals surface area contributed by atoms with Gasteiger partial charge in [-0.25, -0.2) is 15.2 Å². The highest BCUT2D eigenvalue weighted by Crippen LogP contribution is 2.26. The summed E-state index contributed by atoms with van der Waals surface area (Å²) >= 11 is 0. The Labute approximate surface area is 174 Å². The van der Waals surface area contributed by atoms with E-state index >= 15 is 0 Å². The normalized spacial score (nSPS) is 23.1. The van der Waals surface area contributed by atoms with Crippen LogP contribution in [0, 0.1) is 5.82 Å². The van der Waals surface area contributed by atoms with E-state index in [1.807, 2.05) is 42.6 Å². The molecule has 2 aliphatic rings. The van der Waals surface area contributed by atoms with Gasteiger partial charge in [-0.15, -0.1) is 0 Å². The van der Waals surface area contributed by atoms with Gasteiger partial charge < -0.3 is 10.3 Å². The summed E-state index contributed by atoms with van der Waals surface area (Å²) in [5.74, 6) is -0.216. The molecule has 3 heterocycles. The van der Waals surface area contributed by atoms with Crippen molar-refractivity contribution in [2.75, 3.05) is 13.1 Å². The Morgan fingerprint density at radius 1 is 1.03 bits per heavy atom. The third-order valence-corrected chi connectivity index (χ3v) is 6.28. The van der Waals surface area contributed by atoms with E-state index in [1.54, 1.807) is 0 Å². The summed E-state index contributed by atoms with van der Waals surface area (Å²) in [7, 11) is 0. The van der Waals surface area contributed by atoms with Crippen LogP contribution >= 0.6 is 0 Å². The monoisotopic (exact) mass is 407 g/mol. The predicted octanol–water partition coefficient (Wildman–Crippen LogP) is 3.07. The van der Waals surface area contributed by atoms with Crippen LogP contribution in [0.4, 0.5) is 4.39 Å². The van der Waals surface area contributed by atoms with Crippen LogP contribution in [0.3, 0.4) is 0 Å². The Balaban J connectivity index is 1.13. The van der Waals surface area contributed by atoms with E-state index in [0.29, 0.717) is 5.56 Å². The van der Waals surface area contributed by atoms with Gasteiger partial charge in [0.2, 0.25) is 0 Å². The van der Waals surface area contributed by atoms with Crippen LogP contribution in [0.25, 0.3) is 10.9 Å². The molecule has 1 aromatic heterocycles. The number of halogens is 1. The van der Waals surface area contributed by atoms with Crippen molar-refractivity contribution in [1.82, 2.24) is 26.1 Å². The first-order valence-corrected chi connectivity index (χ1v) is 10.5. The third kappa shape index (κ3) is 3.96. The fourth-order valence-corrected chi connectivity index (χ4v) is 4.51. The predicted molar refractivity (Wildman–Crippen MR) is 114 cm³/mol. The largest absolute Gasteiger partial charge is 0.361 e. The van der Waals surface area contributed by atoms with Crippen LogP contribution in [0.1, 0.15) is 41.2 Å². The van der Waals surface area contributed by atoms with E-state index < -0.39 is 0 Å². The lowest BCUT2D eigenvalue weighted by atomic mass is 10.0. The van der Waals surface area contributed by atoms with Crippen molar-refractivity contribution in [2.45, 2.75) is 37.5 Å². The van der Waals surface area contributed by atoms with Crippen LogP contribution in [0.5, 0.6) is 0 Å². The van der Waals surface area contributed by atoms with E-state index in [4.69, 9.17) is 0 Å². The molecule has 4 N–H and O–H groups in total. The summed E-state index contributed by atoms with van der Waals surface area (Å²) in [6, 6.07) is 14.8. The SMILES string of the molecule is O=C(NC1CCN(C2CC(c3ccc(F)cc3)NN2)CC1)c1ccc2[nH]ccc2c1. The van der Waals surface area contributed by atoms with Crippen molar-refractivity contribution in [3.05, 3.63) is 71.7 Å². The van der Waals surface area contributed by atoms with Gasteiger partial charge in [0.05, 0.1) is 6.17 Å². The Kier molecular flexibility index (Phi) is 5.25. The molecule has 2 atom stereocenters. The summed E-state index contributed by atoms with van der Waals surface area (Å²) in [4.78, 5) is 18.2. The molecule has 1 amide bonds. The zero-order valence-corrected chi connectivity index (χ0v) is 16.7. The number of H-pyrrole nitrogens is 1. The number of carbonyl (C=O) groups excluding carboxylic acids is 1. The molecule has 6 nitrogen and oxygen atoms in total. The molecule has 30 heavy (non-hydrogen) atoms. The molecule has 7 heteroatoms. The fraction of sp³-hybridized carbons (Fsp3) is 0.348. The number of hydrogen-bond acceptors (Lipinski definition) is 4. The van der Waals surface area contributed by atoms with Crippen molar-refractivity contribution >= 4 is 16.8 Å². The number of hydrogen-bond donors (Lipinski definition) is 4. The number of aromatic amines is 1. The highest BCUT2D eigenvalue weighted by molar-refractivity contribution is 5.98. The Morgan fingerprint density at radius 3 is 2.63 bits per heavy atom. The zero-order chi connectivity index (χ0) is 20.5. The van der Waals surface area contributed by atoms with Crippen LogP contribution < -0.4 is 16.2 Å². The second kappa shape index (κ2) is 8.18. The standard InChI is InChI=1S/C23H26FN5O/c24-18-4-1-15(2-5-18)21-14-22(28-27-21)29-11-8-19(9-12-29)26-23(30)17-3-6-20-16(13-17)7-10-25-20/h1-7,10,13,19,21-22,25,27-28H,8-9,11-12,14H2,(H,26,30). The average Bonchev–Trinajstić information content (AvgIpc) is 3.44. The molecule has 0 aliphatic carbocycles. The van der Waals surface area contributed by atoms with Gasteiger partial charge in [-0.3, -0.25) is 9.69 Å². The van der Waals surface area contributed by atoms with E-state index in [0.717, 1.165) is 48.8 Å². The maximum atomic E-state index is 13.2. The molecule has 156 valence electrons. The molecule has 0 bridgehead atoms. The van der Waals surface area contributed by atoms with Gasteiger partial charge in [0.25, 0.3) is 5.91 Å². The molecule has 2 saturated heterocycles. The first-order valence-electron chi connectivity index (χ1n) is 10.5. The molecule has 0 spiro atoms. The van der Waals surface area contributed by atoms with Gasteiger partial charge in [0, 0.05) is 47.8 Å². The number of carbonyl (C=O) groups is 1. The maximum Gasteiger partial charge on any atom is 0.251 e. The van der Waals surface area contributed by atoms with Crippen LogP contribution in [-0.4, -0.2) is 41.1 Å². The van der Waals surface area contributed by atoms with Gasteiger partial charge in [-0.1, -0.05) is 12.1 Å². The number of nitrogens with zero attached hydrogens (tertiary/aromatic N) is 1. The van der Waals surface area contributed by atoms with Crippen molar-refractivity contribution in [2.24, 2.45) is 0 Å². The summed E-state index contributed by atoms with van der Waals surface area (Å²) in [6.45, 7) is 1.86. The molecule has 0 radical (unpaired) electrons. The summed E-state index contributed by atoms with van der Waals surface area (Å²) in [6.07, 6.45) is 4.91. The number of amides is 1. The molecule has 5 rings (SSSR count).